The van der Waals surface area contributed by atoms with Crippen molar-refractivity contribution in [2.75, 3.05) is 0 Å². The van der Waals surface area contributed by atoms with Gasteiger partial charge < -0.3 is 5.11 Å². The Morgan fingerprint density at radius 1 is 1.21 bits per heavy atom. The zero-order chi connectivity index (χ0) is 10.6. The fraction of sp³-hybridized carbons (Fsp3) is 0.692. The molecule has 14 heavy (non-hydrogen) atoms. The van der Waals surface area contributed by atoms with Gasteiger partial charge in [-0.05, 0) is 19.8 Å². The van der Waals surface area contributed by atoms with E-state index in [0.717, 1.165) is 12.8 Å². The normalized spacial score (nSPS) is 12.5. The second-order valence-corrected chi connectivity index (χ2v) is 3.56. The minimum atomic E-state index is -0.289. The van der Waals surface area contributed by atoms with Crippen LogP contribution in [0.3, 0.4) is 0 Å². The molecule has 0 bridgehead atoms. The molecule has 0 amide bonds. The van der Waals surface area contributed by atoms with Gasteiger partial charge in [-0.3, -0.25) is 0 Å². The Bertz CT molecular complexity index is 193. The first-order chi connectivity index (χ1) is 6.77. The van der Waals surface area contributed by atoms with Crippen LogP contribution in [0.1, 0.15) is 52.4 Å². The lowest BCUT2D eigenvalue weighted by Crippen LogP contribution is -1.95. The lowest BCUT2D eigenvalue weighted by atomic mass is 10.2. The number of unbranched alkanes of at least 4 members (excludes halogenated alkanes) is 3. The van der Waals surface area contributed by atoms with Crippen LogP contribution in [0.2, 0.25) is 0 Å². The Labute approximate surface area is 88.2 Å². The number of aliphatic hydroxyl groups excluding tert-OH is 1. The molecule has 0 saturated carbocycles. The van der Waals surface area contributed by atoms with Crippen molar-refractivity contribution in [2.45, 2.75) is 58.5 Å². The van der Waals surface area contributed by atoms with Gasteiger partial charge in [-0.1, -0.05) is 31.9 Å². The molecular formula is C13H22O. The summed E-state index contributed by atoms with van der Waals surface area (Å²) in [5.74, 6) is 6.00. The van der Waals surface area contributed by atoms with E-state index in [9.17, 15) is 0 Å². The van der Waals surface area contributed by atoms with Crippen LogP contribution in [0.5, 0.6) is 0 Å². The van der Waals surface area contributed by atoms with E-state index in [4.69, 9.17) is 5.11 Å². The van der Waals surface area contributed by atoms with Crippen molar-refractivity contribution in [1.29, 1.82) is 0 Å². The Balaban J connectivity index is 3.26. The van der Waals surface area contributed by atoms with Gasteiger partial charge in [-0.2, -0.15) is 0 Å². The molecule has 0 aliphatic carbocycles. The van der Waals surface area contributed by atoms with Gasteiger partial charge in [-0.15, -0.1) is 11.8 Å². The van der Waals surface area contributed by atoms with E-state index < -0.39 is 0 Å². The fourth-order valence-electron chi connectivity index (χ4n) is 1.02. The van der Waals surface area contributed by atoms with Crippen LogP contribution in [0.15, 0.2) is 12.2 Å². The molecule has 0 fully saturated rings. The molecule has 1 unspecified atom stereocenters. The van der Waals surface area contributed by atoms with Crippen molar-refractivity contribution in [1.82, 2.24) is 0 Å². The topological polar surface area (TPSA) is 20.2 Å². The molecule has 80 valence electrons. The Kier molecular flexibility index (Phi) is 9.79. The molecule has 1 nitrogen and oxygen atoms in total. The zero-order valence-electron chi connectivity index (χ0n) is 9.42. The maximum absolute atomic E-state index is 8.94. The SMILES string of the molecule is CCCC/C=C\CCC#CCC(C)O. The Morgan fingerprint density at radius 3 is 2.57 bits per heavy atom. The van der Waals surface area contributed by atoms with Crippen LogP contribution in [0.4, 0.5) is 0 Å². The first-order valence-corrected chi connectivity index (χ1v) is 5.56. The maximum atomic E-state index is 8.94. The molecule has 0 aromatic rings. The number of hydrogen-bond acceptors (Lipinski definition) is 1. The van der Waals surface area contributed by atoms with Crippen LogP contribution in [-0.2, 0) is 0 Å². The Morgan fingerprint density at radius 2 is 1.93 bits per heavy atom. The summed E-state index contributed by atoms with van der Waals surface area (Å²) in [5, 5.41) is 8.94. The first kappa shape index (κ1) is 13.3. The van der Waals surface area contributed by atoms with Gasteiger partial charge in [0.15, 0.2) is 0 Å². The molecule has 0 saturated heterocycles. The molecule has 0 aliphatic heterocycles. The molecule has 1 heteroatoms. The molecule has 1 atom stereocenters. The molecule has 0 aromatic carbocycles. The van der Waals surface area contributed by atoms with Crippen LogP contribution in [0.25, 0.3) is 0 Å². The molecule has 0 radical (unpaired) electrons. The lowest BCUT2D eigenvalue weighted by Gasteiger charge is -1.92. The number of aliphatic hydroxyl groups is 1. The van der Waals surface area contributed by atoms with Crippen molar-refractivity contribution < 1.29 is 5.11 Å². The van der Waals surface area contributed by atoms with Gasteiger partial charge in [-0.25, -0.2) is 0 Å². The average Bonchev–Trinajstić information content (AvgIpc) is 2.15. The second-order valence-electron chi connectivity index (χ2n) is 3.56. The first-order valence-electron chi connectivity index (χ1n) is 5.56. The minimum absolute atomic E-state index is 0.289. The van der Waals surface area contributed by atoms with Gasteiger partial charge in [0.1, 0.15) is 0 Å². The summed E-state index contributed by atoms with van der Waals surface area (Å²) < 4.78 is 0. The van der Waals surface area contributed by atoms with E-state index in [1.54, 1.807) is 6.92 Å². The number of allylic oxidation sites excluding steroid dienone is 2. The smallest absolute Gasteiger partial charge is 0.0621 e. The van der Waals surface area contributed by atoms with Crippen LogP contribution >= 0.6 is 0 Å². The third kappa shape index (κ3) is 11.3. The highest BCUT2D eigenvalue weighted by atomic mass is 16.3. The van der Waals surface area contributed by atoms with Gasteiger partial charge in [0.2, 0.25) is 0 Å². The van der Waals surface area contributed by atoms with Crippen molar-refractivity contribution in [3.63, 3.8) is 0 Å². The molecular weight excluding hydrogens is 172 g/mol. The minimum Gasteiger partial charge on any atom is -0.392 e. The van der Waals surface area contributed by atoms with E-state index in [2.05, 4.69) is 30.9 Å². The third-order valence-electron chi connectivity index (χ3n) is 1.85. The summed E-state index contributed by atoms with van der Waals surface area (Å²) in [5.41, 5.74) is 0. The highest BCUT2D eigenvalue weighted by molar-refractivity contribution is 5.01. The monoisotopic (exact) mass is 194 g/mol. The van der Waals surface area contributed by atoms with Crippen molar-refractivity contribution >= 4 is 0 Å². The lowest BCUT2D eigenvalue weighted by molar-refractivity contribution is 0.201. The summed E-state index contributed by atoms with van der Waals surface area (Å²) in [4.78, 5) is 0. The summed E-state index contributed by atoms with van der Waals surface area (Å²) in [6.07, 6.45) is 10.4. The molecule has 0 heterocycles. The number of hydrogen-bond donors (Lipinski definition) is 1. The van der Waals surface area contributed by atoms with Gasteiger partial charge >= 0.3 is 0 Å². The van der Waals surface area contributed by atoms with Crippen LogP contribution in [-0.4, -0.2) is 11.2 Å². The predicted octanol–water partition coefficient (Wildman–Crippen LogP) is 3.29. The molecule has 0 rings (SSSR count). The molecule has 1 N–H and O–H groups in total. The summed E-state index contributed by atoms with van der Waals surface area (Å²) in [6, 6.07) is 0. The summed E-state index contributed by atoms with van der Waals surface area (Å²) >= 11 is 0. The summed E-state index contributed by atoms with van der Waals surface area (Å²) in [6.45, 7) is 3.97. The standard InChI is InChI=1S/C13H22O/c1-3-4-5-6-7-8-9-10-11-12-13(2)14/h6-7,13-14H,3-5,8-9,12H2,1-2H3/b7-6-. The molecule has 0 spiro atoms. The van der Waals surface area contributed by atoms with Crippen molar-refractivity contribution in [2.24, 2.45) is 0 Å². The maximum Gasteiger partial charge on any atom is 0.0621 e. The molecule has 0 aromatic heterocycles. The quantitative estimate of drug-likeness (QED) is 0.391. The van der Waals surface area contributed by atoms with E-state index in [1.807, 2.05) is 0 Å². The predicted molar refractivity (Wildman–Crippen MR) is 62.0 cm³/mol. The van der Waals surface area contributed by atoms with E-state index >= 15 is 0 Å². The number of rotatable bonds is 6. The van der Waals surface area contributed by atoms with Crippen molar-refractivity contribution in [3.8, 4) is 11.8 Å². The fourth-order valence-corrected chi connectivity index (χ4v) is 1.02. The van der Waals surface area contributed by atoms with Crippen LogP contribution in [0, 0.1) is 11.8 Å². The summed E-state index contributed by atoms with van der Waals surface area (Å²) in [7, 11) is 0. The van der Waals surface area contributed by atoms with Gasteiger partial charge in [0.05, 0.1) is 6.10 Å². The highest BCUT2D eigenvalue weighted by Crippen LogP contribution is 1.97. The van der Waals surface area contributed by atoms with Crippen molar-refractivity contribution in [3.05, 3.63) is 12.2 Å². The second kappa shape index (κ2) is 10.3. The largest absolute Gasteiger partial charge is 0.392 e. The zero-order valence-corrected chi connectivity index (χ0v) is 9.42. The van der Waals surface area contributed by atoms with Gasteiger partial charge in [0, 0.05) is 12.8 Å². The van der Waals surface area contributed by atoms with Crippen LogP contribution < -0.4 is 0 Å². The Hall–Kier alpha value is -0.740. The average molecular weight is 194 g/mol. The highest BCUT2D eigenvalue weighted by Gasteiger charge is 1.87. The van der Waals surface area contributed by atoms with E-state index in [0.29, 0.717) is 6.42 Å². The van der Waals surface area contributed by atoms with E-state index in [-0.39, 0.29) is 6.10 Å². The molecule has 0 aliphatic rings. The van der Waals surface area contributed by atoms with Gasteiger partial charge in [0.25, 0.3) is 0 Å². The third-order valence-corrected chi connectivity index (χ3v) is 1.85. The van der Waals surface area contributed by atoms with E-state index in [1.165, 1.54) is 19.3 Å².